The molecule has 2 aliphatic heterocycles. The summed E-state index contributed by atoms with van der Waals surface area (Å²) in [5, 5.41) is 8.12. The van der Waals surface area contributed by atoms with E-state index in [9.17, 15) is 4.79 Å². The molecule has 27 heavy (non-hydrogen) atoms. The molecule has 2 bridgehead atoms. The molecule has 2 unspecified atom stereocenters. The minimum Gasteiger partial charge on any atom is -0.339 e. The summed E-state index contributed by atoms with van der Waals surface area (Å²) in [6.07, 6.45) is 5.21. The van der Waals surface area contributed by atoms with Gasteiger partial charge in [-0.2, -0.15) is 4.98 Å². The van der Waals surface area contributed by atoms with Gasteiger partial charge >= 0.3 is 0 Å². The van der Waals surface area contributed by atoms with E-state index in [-0.39, 0.29) is 18.3 Å². The highest BCUT2D eigenvalue weighted by Gasteiger charge is 2.37. The lowest BCUT2D eigenvalue weighted by Gasteiger charge is -2.27. The Kier molecular flexibility index (Phi) is 6.73. The molecule has 1 aromatic carbocycles. The number of carbonyl (C=O) groups excluding carboxylic acids is 1. The topological polar surface area (TPSA) is 71.3 Å². The molecule has 1 aromatic heterocycles. The molecule has 2 aromatic rings. The SMILES string of the molecule is Cl.O=C(CCCc1nc(-c2ccc(Cl)cc2)no1)N1C2CCNCC1CC2. The zero-order chi connectivity index (χ0) is 17.9. The molecule has 1 N–H and O–H groups in total. The monoisotopic (exact) mass is 410 g/mol. The Morgan fingerprint density at radius 3 is 2.81 bits per heavy atom. The van der Waals surface area contributed by atoms with Gasteiger partial charge in [-0.25, -0.2) is 0 Å². The Balaban J connectivity index is 0.00000210. The van der Waals surface area contributed by atoms with Gasteiger partial charge in [-0.3, -0.25) is 4.79 Å². The van der Waals surface area contributed by atoms with Crippen molar-refractivity contribution in [1.29, 1.82) is 0 Å². The van der Waals surface area contributed by atoms with Crippen molar-refractivity contribution in [3.63, 3.8) is 0 Å². The molecule has 2 fully saturated rings. The van der Waals surface area contributed by atoms with Crippen LogP contribution < -0.4 is 5.32 Å². The lowest BCUT2D eigenvalue weighted by atomic mass is 10.1. The number of aryl methyl sites for hydroxylation is 1. The van der Waals surface area contributed by atoms with E-state index in [1.165, 1.54) is 0 Å². The molecule has 4 rings (SSSR count). The van der Waals surface area contributed by atoms with Gasteiger partial charge in [-0.05, 0) is 56.5 Å². The summed E-state index contributed by atoms with van der Waals surface area (Å²) < 4.78 is 5.32. The van der Waals surface area contributed by atoms with Crippen molar-refractivity contribution < 1.29 is 9.32 Å². The summed E-state index contributed by atoms with van der Waals surface area (Å²) >= 11 is 5.90. The Morgan fingerprint density at radius 1 is 1.22 bits per heavy atom. The molecule has 2 saturated heterocycles. The number of amides is 1. The van der Waals surface area contributed by atoms with Gasteiger partial charge < -0.3 is 14.7 Å². The Morgan fingerprint density at radius 2 is 2.00 bits per heavy atom. The maximum atomic E-state index is 12.7. The zero-order valence-corrected chi connectivity index (χ0v) is 16.6. The molecular weight excluding hydrogens is 387 g/mol. The highest BCUT2D eigenvalue weighted by molar-refractivity contribution is 6.30. The highest BCUT2D eigenvalue weighted by atomic mass is 35.5. The fourth-order valence-electron chi connectivity index (χ4n) is 3.98. The van der Waals surface area contributed by atoms with Crippen LogP contribution in [0.1, 0.15) is 38.0 Å². The van der Waals surface area contributed by atoms with Crippen LogP contribution in [-0.4, -0.2) is 46.1 Å². The minimum atomic E-state index is 0. The molecule has 8 heteroatoms. The van der Waals surface area contributed by atoms with Crippen molar-refractivity contribution in [2.24, 2.45) is 0 Å². The van der Waals surface area contributed by atoms with E-state index in [0.29, 0.717) is 41.7 Å². The predicted octanol–water partition coefficient (Wildman–Crippen LogP) is 3.49. The van der Waals surface area contributed by atoms with Crippen molar-refractivity contribution in [2.45, 2.75) is 50.6 Å². The van der Waals surface area contributed by atoms with Gasteiger partial charge in [0.05, 0.1) is 0 Å². The van der Waals surface area contributed by atoms with E-state index in [1.807, 2.05) is 12.1 Å². The first kappa shape index (κ1) is 20.1. The number of fused-ring (bicyclic) bond motifs is 2. The number of hydrogen-bond acceptors (Lipinski definition) is 5. The zero-order valence-electron chi connectivity index (χ0n) is 15.1. The molecule has 2 atom stereocenters. The van der Waals surface area contributed by atoms with E-state index in [0.717, 1.165) is 44.3 Å². The molecule has 0 aliphatic carbocycles. The number of halogens is 2. The highest BCUT2D eigenvalue weighted by Crippen LogP contribution is 2.29. The van der Waals surface area contributed by atoms with E-state index >= 15 is 0 Å². The molecule has 0 spiro atoms. The largest absolute Gasteiger partial charge is 0.339 e. The van der Waals surface area contributed by atoms with Gasteiger partial charge in [0.15, 0.2) is 0 Å². The van der Waals surface area contributed by atoms with Gasteiger partial charge in [0.2, 0.25) is 17.6 Å². The van der Waals surface area contributed by atoms with Crippen LogP contribution in [0.25, 0.3) is 11.4 Å². The lowest BCUT2D eigenvalue weighted by molar-refractivity contribution is -0.133. The summed E-state index contributed by atoms with van der Waals surface area (Å²) in [4.78, 5) is 19.2. The molecule has 6 nitrogen and oxygen atoms in total. The normalized spacial score (nSPS) is 21.6. The van der Waals surface area contributed by atoms with Gasteiger partial charge in [0, 0.05) is 42.1 Å². The Hall–Kier alpha value is -1.63. The van der Waals surface area contributed by atoms with E-state index < -0.39 is 0 Å². The third-order valence-electron chi connectivity index (χ3n) is 5.29. The van der Waals surface area contributed by atoms with Crippen LogP contribution in [0.4, 0.5) is 0 Å². The molecular formula is C19H24Cl2N4O2. The van der Waals surface area contributed by atoms with Crippen LogP contribution >= 0.6 is 24.0 Å². The molecule has 2 aliphatic rings. The van der Waals surface area contributed by atoms with Gasteiger partial charge in [0.25, 0.3) is 0 Å². The van der Waals surface area contributed by atoms with Crippen LogP contribution in [0.2, 0.25) is 5.02 Å². The molecule has 1 amide bonds. The summed E-state index contributed by atoms with van der Waals surface area (Å²) in [6, 6.07) is 8.12. The number of hydrogen-bond donors (Lipinski definition) is 1. The number of nitrogens with one attached hydrogen (secondary N) is 1. The van der Waals surface area contributed by atoms with Crippen molar-refractivity contribution in [1.82, 2.24) is 20.4 Å². The summed E-state index contributed by atoms with van der Waals surface area (Å²) in [7, 11) is 0. The van der Waals surface area contributed by atoms with Crippen LogP contribution in [0.15, 0.2) is 28.8 Å². The molecule has 146 valence electrons. The number of rotatable bonds is 5. The first-order valence-corrected chi connectivity index (χ1v) is 9.69. The Bertz CT molecular complexity index is 751. The first-order chi connectivity index (χ1) is 12.7. The lowest BCUT2D eigenvalue weighted by Crippen LogP contribution is -2.42. The maximum Gasteiger partial charge on any atom is 0.226 e. The average molecular weight is 411 g/mol. The van der Waals surface area contributed by atoms with E-state index in [2.05, 4.69) is 20.4 Å². The van der Waals surface area contributed by atoms with Gasteiger partial charge in [-0.1, -0.05) is 16.8 Å². The first-order valence-electron chi connectivity index (χ1n) is 9.31. The predicted molar refractivity (Wildman–Crippen MR) is 106 cm³/mol. The second-order valence-corrected chi connectivity index (χ2v) is 7.49. The van der Waals surface area contributed by atoms with E-state index in [1.54, 1.807) is 12.1 Å². The van der Waals surface area contributed by atoms with Crippen LogP contribution in [0, 0.1) is 0 Å². The number of carbonyl (C=O) groups is 1. The van der Waals surface area contributed by atoms with Crippen molar-refractivity contribution in [2.75, 3.05) is 13.1 Å². The van der Waals surface area contributed by atoms with Crippen molar-refractivity contribution >= 4 is 29.9 Å². The fourth-order valence-corrected chi connectivity index (χ4v) is 4.11. The van der Waals surface area contributed by atoms with Gasteiger partial charge in [-0.15, -0.1) is 12.4 Å². The smallest absolute Gasteiger partial charge is 0.226 e. The molecule has 0 saturated carbocycles. The Labute approximate surface area is 170 Å². The second kappa shape index (κ2) is 9.04. The minimum absolute atomic E-state index is 0. The summed E-state index contributed by atoms with van der Waals surface area (Å²) in [6.45, 7) is 1.94. The average Bonchev–Trinajstić information content (AvgIpc) is 3.19. The number of benzene rings is 1. The van der Waals surface area contributed by atoms with Crippen molar-refractivity contribution in [3.05, 3.63) is 35.2 Å². The summed E-state index contributed by atoms with van der Waals surface area (Å²) in [5.41, 5.74) is 0.870. The summed E-state index contributed by atoms with van der Waals surface area (Å²) in [5.74, 6) is 1.39. The third kappa shape index (κ3) is 4.62. The fraction of sp³-hybridized carbons (Fsp3) is 0.526. The maximum absolute atomic E-state index is 12.7. The van der Waals surface area contributed by atoms with Crippen molar-refractivity contribution in [3.8, 4) is 11.4 Å². The van der Waals surface area contributed by atoms with Gasteiger partial charge in [0.1, 0.15) is 0 Å². The third-order valence-corrected chi connectivity index (χ3v) is 5.55. The van der Waals surface area contributed by atoms with Crippen LogP contribution in [-0.2, 0) is 11.2 Å². The standard InChI is InChI=1S/C19H23ClN4O2.ClH/c20-14-6-4-13(5-7-14)19-22-17(26-23-19)2-1-3-18(25)24-15-8-9-16(24)12-21-11-10-15;/h4-7,15-16,21H,1-3,8-12H2;1H. The van der Waals surface area contributed by atoms with E-state index in [4.69, 9.17) is 16.1 Å². The van der Waals surface area contributed by atoms with Crippen LogP contribution in [0.5, 0.6) is 0 Å². The second-order valence-electron chi connectivity index (χ2n) is 7.05. The van der Waals surface area contributed by atoms with Crippen LogP contribution in [0.3, 0.4) is 0 Å². The molecule has 0 radical (unpaired) electrons. The number of aromatic nitrogens is 2. The molecule has 3 heterocycles. The quantitative estimate of drug-likeness (QED) is 0.816. The number of nitrogens with zero attached hydrogens (tertiary/aromatic N) is 3.